The molecule has 0 amide bonds. The lowest BCUT2D eigenvalue weighted by Gasteiger charge is -2.22. The molecule has 1 aromatic carbocycles. The van der Waals surface area contributed by atoms with Crippen LogP contribution in [0.1, 0.15) is 44.1 Å². The van der Waals surface area contributed by atoms with Gasteiger partial charge in [-0.25, -0.2) is 8.78 Å². The first-order valence-corrected chi connectivity index (χ1v) is 6.58. The lowest BCUT2D eigenvalue weighted by atomic mass is 9.89. The van der Waals surface area contributed by atoms with Crippen LogP contribution in [-0.4, -0.2) is 6.54 Å². The Morgan fingerprint density at radius 3 is 2.56 bits per heavy atom. The number of hydrogen-bond donors (Lipinski definition) is 2. The molecule has 0 unspecified atom stereocenters. The molecule has 1 aromatic rings. The zero-order valence-corrected chi connectivity index (χ0v) is 10.5. The molecule has 18 heavy (non-hydrogen) atoms. The van der Waals surface area contributed by atoms with Gasteiger partial charge in [-0.05, 0) is 30.9 Å². The van der Waals surface area contributed by atoms with Crippen molar-refractivity contribution < 1.29 is 8.78 Å². The number of nitrogens with two attached hydrogens (primary N) is 1. The van der Waals surface area contributed by atoms with Gasteiger partial charge < -0.3 is 11.1 Å². The number of nitrogens with one attached hydrogen (secondary N) is 1. The van der Waals surface area contributed by atoms with Crippen LogP contribution < -0.4 is 11.1 Å². The van der Waals surface area contributed by atoms with Gasteiger partial charge in [-0.15, -0.1) is 0 Å². The molecular weight excluding hydrogens is 234 g/mol. The number of halogens is 2. The summed E-state index contributed by atoms with van der Waals surface area (Å²) in [6.45, 7) is 0.887. The summed E-state index contributed by atoms with van der Waals surface area (Å²) in [5.41, 5.74) is 6.94. The molecule has 1 fully saturated rings. The molecule has 0 spiro atoms. The van der Waals surface area contributed by atoms with E-state index in [1.165, 1.54) is 44.2 Å². The van der Waals surface area contributed by atoms with Crippen molar-refractivity contribution in [3.63, 3.8) is 0 Å². The van der Waals surface area contributed by atoms with E-state index in [1.54, 1.807) is 6.07 Å². The average Bonchev–Trinajstić information content (AvgIpc) is 2.38. The molecule has 4 heteroatoms. The third-order valence-corrected chi connectivity index (χ3v) is 3.63. The predicted molar refractivity (Wildman–Crippen MR) is 70.9 cm³/mol. The standard InChI is InChI=1S/C14H20F2N2/c15-14(16)11-6-7-13(12(17)8-11)18-9-10-4-2-1-3-5-10/h6-8,10,14,18H,1-5,9,17H2. The highest BCUT2D eigenvalue weighted by Crippen LogP contribution is 2.28. The largest absolute Gasteiger partial charge is 0.397 e. The lowest BCUT2D eigenvalue weighted by Crippen LogP contribution is -2.17. The van der Waals surface area contributed by atoms with Gasteiger partial charge in [-0.1, -0.05) is 25.3 Å². The molecular formula is C14H20F2N2. The highest BCUT2D eigenvalue weighted by atomic mass is 19.3. The number of benzene rings is 1. The van der Waals surface area contributed by atoms with Crippen LogP contribution >= 0.6 is 0 Å². The molecule has 2 nitrogen and oxygen atoms in total. The highest BCUT2D eigenvalue weighted by Gasteiger charge is 2.14. The van der Waals surface area contributed by atoms with E-state index >= 15 is 0 Å². The molecule has 0 aromatic heterocycles. The Bertz CT molecular complexity index is 387. The number of hydrogen-bond acceptors (Lipinski definition) is 2. The Labute approximate surface area is 107 Å². The van der Waals surface area contributed by atoms with Crippen LogP contribution in [0.4, 0.5) is 20.2 Å². The molecule has 1 saturated carbocycles. The van der Waals surface area contributed by atoms with Crippen LogP contribution in [0.2, 0.25) is 0 Å². The molecule has 2 rings (SSSR count). The van der Waals surface area contributed by atoms with Gasteiger partial charge in [-0.3, -0.25) is 0 Å². The van der Waals surface area contributed by atoms with E-state index in [4.69, 9.17) is 5.73 Å². The fourth-order valence-electron chi connectivity index (χ4n) is 2.52. The van der Waals surface area contributed by atoms with Gasteiger partial charge in [0.1, 0.15) is 0 Å². The molecule has 1 aliphatic rings. The summed E-state index contributed by atoms with van der Waals surface area (Å²) in [4.78, 5) is 0. The average molecular weight is 254 g/mol. The third kappa shape index (κ3) is 3.34. The van der Waals surface area contributed by atoms with E-state index < -0.39 is 6.43 Å². The van der Waals surface area contributed by atoms with Gasteiger partial charge in [0.15, 0.2) is 0 Å². The Hall–Kier alpha value is -1.32. The summed E-state index contributed by atoms with van der Waals surface area (Å²) >= 11 is 0. The molecule has 1 aliphatic carbocycles. The van der Waals surface area contributed by atoms with Crippen LogP contribution in [0.15, 0.2) is 18.2 Å². The van der Waals surface area contributed by atoms with Crippen molar-refractivity contribution in [2.75, 3.05) is 17.6 Å². The highest BCUT2D eigenvalue weighted by molar-refractivity contribution is 5.67. The summed E-state index contributed by atoms with van der Waals surface area (Å²) in [5, 5.41) is 3.28. The van der Waals surface area contributed by atoms with Gasteiger partial charge in [0, 0.05) is 12.1 Å². The normalized spacial score (nSPS) is 17.1. The first-order valence-electron chi connectivity index (χ1n) is 6.58. The predicted octanol–water partition coefficient (Wildman–Crippen LogP) is 4.20. The number of alkyl halides is 2. The van der Waals surface area contributed by atoms with E-state index in [0.717, 1.165) is 12.2 Å². The van der Waals surface area contributed by atoms with E-state index in [9.17, 15) is 8.78 Å². The minimum absolute atomic E-state index is 0.0179. The van der Waals surface area contributed by atoms with Gasteiger partial charge in [-0.2, -0.15) is 0 Å². The van der Waals surface area contributed by atoms with Crippen molar-refractivity contribution in [3.05, 3.63) is 23.8 Å². The van der Waals surface area contributed by atoms with Crippen molar-refractivity contribution in [1.82, 2.24) is 0 Å². The Kier molecular flexibility index (Phi) is 4.39. The summed E-state index contributed by atoms with van der Waals surface area (Å²) < 4.78 is 25.0. The van der Waals surface area contributed by atoms with Crippen molar-refractivity contribution in [3.8, 4) is 0 Å². The fraction of sp³-hybridized carbons (Fsp3) is 0.571. The Morgan fingerprint density at radius 2 is 1.94 bits per heavy atom. The Balaban J connectivity index is 1.92. The van der Waals surface area contributed by atoms with E-state index in [-0.39, 0.29) is 5.56 Å². The summed E-state index contributed by atoms with van der Waals surface area (Å²) in [7, 11) is 0. The van der Waals surface area contributed by atoms with Crippen LogP contribution in [0.25, 0.3) is 0 Å². The van der Waals surface area contributed by atoms with Gasteiger partial charge in [0.2, 0.25) is 0 Å². The van der Waals surface area contributed by atoms with Crippen LogP contribution in [0.5, 0.6) is 0 Å². The third-order valence-electron chi connectivity index (χ3n) is 3.63. The van der Waals surface area contributed by atoms with E-state index in [0.29, 0.717) is 11.6 Å². The molecule has 3 N–H and O–H groups in total. The number of rotatable bonds is 4. The van der Waals surface area contributed by atoms with Crippen LogP contribution in [-0.2, 0) is 0 Å². The van der Waals surface area contributed by atoms with Crippen molar-refractivity contribution in [1.29, 1.82) is 0 Å². The summed E-state index contributed by atoms with van der Waals surface area (Å²) in [6.07, 6.45) is 3.98. The SMILES string of the molecule is Nc1cc(C(F)F)ccc1NCC1CCCCC1. The quantitative estimate of drug-likeness (QED) is 0.790. The van der Waals surface area contributed by atoms with Gasteiger partial charge >= 0.3 is 0 Å². The number of nitrogen functional groups attached to an aromatic ring is 1. The second-order valence-corrected chi connectivity index (χ2v) is 5.03. The molecule has 0 radical (unpaired) electrons. The maximum Gasteiger partial charge on any atom is 0.263 e. The minimum atomic E-state index is -2.46. The maximum absolute atomic E-state index is 12.5. The fourth-order valence-corrected chi connectivity index (χ4v) is 2.52. The van der Waals surface area contributed by atoms with E-state index in [1.807, 2.05) is 0 Å². The molecule has 0 saturated heterocycles. The smallest absolute Gasteiger partial charge is 0.263 e. The van der Waals surface area contributed by atoms with E-state index in [2.05, 4.69) is 5.32 Å². The maximum atomic E-state index is 12.5. The Morgan fingerprint density at radius 1 is 1.22 bits per heavy atom. The molecule has 0 heterocycles. The van der Waals surface area contributed by atoms with Crippen LogP contribution in [0.3, 0.4) is 0 Å². The topological polar surface area (TPSA) is 38.0 Å². The first kappa shape index (κ1) is 13.1. The zero-order valence-electron chi connectivity index (χ0n) is 10.5. The van der Waals surface area contributed by atoms with Crippen molar-refractivity contribution in [2.24, 2.45) is 5.92 Å². The first-order chi connectivity index (χ1) is 8.66. The molecule has 0 atom stereocenters. The minimum Gasteiger partial charge on any atom is -0.397 e. The van der Waals surface area contributed by atoms with Gasteiger partial charge in [0.05, 0.1) is 11.4 Å². The zero-order chi connectivity index (χ0) is 13.0. The van der Waals surface area contributed by atoms with Crippen molar-refractivity contribution in [2.45, 2.75) is 38.5 Å². The second kappa shape index (κ2) is 6.03. The monoisotopic (exact) mass is 254 g/mol. The van der Waals surface area contributed by atoms with Gasteiger partial charge in [0.25, 0.3) is 6.43 Å². The molecule has 0 aliphatic heterocycles. The summed E-state index contributed by atoms with van der Waals surface area (Å²) in [6, 6.07) is 4.44. The lowest BCUT2D eigenvalue weighted by molar-refractivity contribution is 0.151. The number of anilines is 2. The molecule has 0 bridgehead atoms. The van der Waals surface area contributed by atoms with Crippen LogP contribution in [0, 0.1) is 5.92 Å². The summed E-state index contributed by atoms with van der Waals surface area (Å²) in [5.74, 6) is 0.688. The molecule has 100 valence electrons. The second-order valence-electron chi connectivity index (χ2n) is 5.03. The van der Waals surface area contributed by atoms with Crippen molar-refractivity contribution >= 4 is 11.4 Å².